The van der Waals surface area contributed by atoms with Crippen molar-refractivity contribution in [1.29, 1.82) is 0 Å². The van der Waals surface area contributed by atoms with Gasteiger partial charge in [-0.1, -0.05) is 18.2 Å². The Balaban J connectivity index is 2.56. The third-order valence-corrected chi connectivity index (χ3v) is 2.63. The number of amides is 2. The van der Waals surface area contributed by atoms with Crippen LogP contribution in [0.25, 0.3) is 5.69 Å². The third kappa shape index (κ3) is 2.72. The van der Waals surface area contributed by atoms with E-state index < -0.39 is 6.03 Å². The molecule has 0 saturated carbocycles. The van der Waals surface area contributed by atoms with Crippen LogP contribution in [0.2, 0.25) is 0 Å². The lowest BCUT2D eigenvalue weighted by Crippen LogP contribution is -2.22. The SMILES string of the molecule is CCOc1nn(-c2ccccc2)c(NC(N)=O)c1CO. The summed E-state index contributed by atoms with van der Waals surface area (Å²) in [6, 6.07) is 8.44. The molecule has 1 aromatic carbocycles. The number of rotatable bonds is 5. The molecule has 0 aliphatic carbocycles. The quantitative estimate of drug-likeness (QED) is 0.764. The molecular formula is C13H16N4O3. The summed E-state index contributed by atoms with van der Waals surface area (Å²) < 4.78 is 6.84. The van der Waals surface area contributed by atoms with Crippen LogP contribution in [0.4, 0.5) is 10.6 Å². The van der Waals surface area contributed by atoms with Gasteiger partial charge < -0.3 is 15.6 Å². The van der Waals surface area contributed by atoms with Crippen LogP contribution < -0.4 is 15.8 Å². The zero-order chi connectivity index (χ0) is 14.5. The second-order valence-electron chi connectivity index (χ2n) is 3.96. The monoisotopic (exact) mass is 276 g/mol. The highest BCUT2D eigenvalue weighted by atomic mass is 16.5. The van der Waals surface area contributed by atoms with Crippen molar-refractivity contribution in [2.24, 2.45) is 5.73 Å². The number of primary amides is 1. The Morgan fingerprint density at radius 2 is 2.15 bits per heavy atom. The molecule has 1 heterocycles. The predicted molar refractivity (Wildman–Crippen MR) is 73.9 cm³/mol. The van der Waals surface area contributed by atoms with Gasteiger partial charge >= 0.3 is 6.03 Å². The highest BCUT2D eigenvalue weighted by Gasteiger charge is 2.20. The lowest BCUT2D eigenvalue weighted by molar-refractivity contribution is 0.258. The first-order valence-corrected chi connectivity index (χ1v) is 6.14. The van der Waals surface area contributed by atoms with Crippen LogP contribution in [-0.2, 0) is 6.61 Å². The van der Waals surface area contributed by atoms with Crippen molar-refractivity contribution < 1.29 is 14.6 Å². The fourth-order valence-corrected chi connectivity index (χ4v) is 1.83. The topological polar surface area (TPSA) is 102 Å². The highest BCUT2D eigenvalue weighted by molar-refractivity contribution is 5.88. The van der Waals surface area contributed by atoms with E-state index in [4.69, 9.17) is 10.5 Å². The number of ether oxygens (including phenoxy) is 1. The van der Waals surface area contributed by atoms with Crippen LogP contribution in [0.3, 0.4) is 0 Å². The number of aliphatic hydroxyl groups excluding tert-OH is 1. The summed E-state index contributed by atoms with van der Waals surface area (Å²) in [6.07, 6.45) is 0. The Bertz CT molecular complexity index is 595. The second-order valence-corrected chi connectivity index (χ2v) is 3.96. The van der Waals surface area contributed by atoms with Gasteiger partial charge in [-0.15, -0.1) is 5.10 Å². The molecular weight excluding hydrogens is 260 g/mol. The van der Waals surface area contributed by atoms with Gasteiger partial charge in [-0.05, 0) is 19.1 Å². The van der Waals surface area contributed by atoms with Crippen LogP contribution in [0.5, 0.6) is 5.88 Å². The number of para-hydroxylation sites is 1. The molecule has 2 amide bonds. The maximum atomic E-state index is 11.1. The molecule has 0 radical (unpaired) electrons. The normalized spacial score (nSPS) is 10.3. The number of nitrogens with one attached hydrogen (secondary N) is 1. The number of nitrogens with two attached hydrogens (primary N) is 1. The van der Waals surface area contributed by atoms with Gasteiger partial charge in [-0.25, -0.2) is 9.48 Å². The van der Waals surface area contributed by atoms with Gasteiger partial charge in [0.15, 0.2) is 0 Å². The number of carbonyl (C=O) groups excluding carboxylic acids is 1. The van der Waals surface area contributed by atoms with Crippen molar-refractivity contribution in [2.75, 3.05) is 11.9 Å². The minimum absolute atomic E-state index is 0.266. The van der Waals surface area contributed by atoms with E-state index in [0.29, 0.717) is 18.0 Å². The van der Waals surface area contributed by atoms with Gasteiger partial charge in [0.25, 0.3) is 0 Å². The van der Waals surface area contributed by atoms with E-state index in [1.165, 1.54) is 4.68 Å². The van der Waals surface area contributed by atoms with Crippen LogP contribution in [0.1, 0.15) is 12.5 Å². The summed E-state index contributed by atoms with van der Waals surface area (Å²) in [5.74, 6) is 0.567. The van der Waals surface area contributed by atoms with Gasteiger partial charge in [0.1, 0.15) is 5.82 Å². The van der Waals surface area contributed by atoms with Gasteiger partial charge in [0.05, 0.1) is 24.5 Å². The van der Waals surface area contributed by atoms with Crippen molar-refractivity contribution in [3.05, 3.63) is 35.9 Å². The van der Waals surface area contributed by atoms with Crippen molar-refractivity contribution in [1.82, 2.24) is 9.78 Å². The minimum Gasteiger partial charge on any atom is -0.477 e. The van der Waals surface area contributed by atoms with Gasteiger partial charge in [0.2, 0.25) is 5.88 Å². The smallest absolute Gasteiger partial charge is 0.317 e. The van der Waals surface area contributed by atoms with Crippen molar-refractivity contribution in [3.8, 4) is 11.6 Å². The number of nitrogens with zero attached hydrogens (tertiary/aromatic N) is 2. The molecule has 0 fully saturated rings. The molecule has 2 aromatic rings. The Kier molecular flexibility index (Phi) is 4.21. The Labute approximate surface area is 116 Å². The van der Waals surface area contributed by atoms with E-state index in [-0.39, 0.29) is 12.5 Å². The Morgan fingerprint density at radius 3 is 2.70 bits per heavy atom. The number of benzene rings is 1. The summed E-state index contributed by atoms with van der Waals surface area (Å²) in [6.45, 7) is 1.89. The van der Waals surface area contributed by atoms with E-state index in [1.54, 1.807) is 0 Å². The zero-order valence-electron chi connectivity index (χ0n) is 11.0. The van der Waals surface area contributed by atoms with Gasteiger partial charge in [-0.3, -0.25) is 5.32 Å². The number of hydrogen-bond acceptors (Lipinski definition) is 4. The van der Waals surface area contributed by atoms with E-state index >= 15 is 0 Å². The molecule has 4 N–H and O–H groups in total. The fourth-order valence-electron chi connectivity index (χ4n) is 1.83. The molecule has 7 heteroatoms. The zero-order valence-corrected chi connectivity index (χ0v) is 11.0. The number of aromatic nitrogens is 2. The summed E-state index contributed by atoms with van der Waals surface area (Å²) in [5, 5.41) is 16.2. The molecule has 0 atom stereocenters. The van der Waals surface area contributed by atoms with Crippen molar-refractivity contribution in [2.45, 2.75) is 13.5 Å². The van der Waals surface area contributed by atoms with Crippen molar-refractivity contribution >= 4 is 11.8 Å². The number of anilines is 1. The van der Waals surface area contributed by atoms with Gasteiger partial charge in [-0.2, -0.15) is 0 Å². The van der Waals surface area contributed by atoms with E-state index in [2.05, 4.69) is 10.4 Å². The lowest BCUT2D eigenvalue weighted by atomic mass is 10.3. The Morgan fingerprint density at radius 1 is 1.45 bits per heavy atom. The second kappa shape index (κ2) is 6.07. The van der Waals surface area contributed by atoms with Gasteiger partial charge in [0, 0.05) is 0 Å². The van der Waals surface area contributed by atoms with E-state index in [9.17, 15) is 9.90 Å². The molecule has 0 aliphatic rings. The van der Waals surface area contributed by atoms with Crippen molar-refractivity contribution in [3.63, 3.8) is 0 Å². The average Bonchev–Trinajstić information content (AvgIpc) is 2.77. The van der Waals surface area contributed by atoms with E-state index in [1.807, 2.05) is 37.3 Å². The van der Waals surface area contributed by atoms with Crippen LogP contribution in [0.15, 0.2) is 30.3 Å². The average molecular weight is 276 g/mol. The summed E-state index contributed by atoms with van der Waals surface area (Å²) in [4.78, 5) is 11.1. The van der Waals surface area contributed by atoms with Crippen LogP contribution >= 0.6 is 0 Å². The lowest BCUT2D eigenvalue weighted by Gasteiger charge is -2.08. The molecule has 1 aromatic heterocycles. The van der Waals surface area contributed by atoms with Crippen LogP contribution in [-0.4, -0.2) is 27.5 Å². The predicted octanol–water partition coefficient (Wildman–Crippen LogP) is 1.25. The molecule has 0 unspecified atom stereocenters. The molecule has 0 aliphatic heterocycles. The molecule has 7 nitrogen and oxygen atoms in total. The Hall–Kier alpha value is -2.54. The largest absolute Gasteiger partial charge is 0.477 e. The summed E-state index contributed by atoms with van der Waals surface area (Å²) in [7, 11) is 0. The molecule has 106 valence electrons. The molecule has 0 saturated heterocycles. The number of urea groups is 1. The minimum atomic E-state index is -0.736. The highest BCUT2D eigenvalue weighted by Crippen LogP contribution is 2.29. The maximum absolute atomic E-state index is 11.1. The number of aliphatic hydroxyl groups is 1. The first kappa shape index (κ1) is 13.9. The summed E-state index contributed by atoms with van der Waals surface area (Å²) >= 11 is 0. The van der Waals surface area contributed by atoms with E-state index in [0.717, 1.165) is 5.69 Å². The third-order valence-electron chi connectivity index (χ3n) is 2.63. The fraction of sp³-hybridized carbons (Fsp3) is 0.231. The summed E-state index contributed by atoms with van der Waals surface area (Å²) in [5.41, 5.74) is 6.27. The molecule has 0 bridgehead atoms. The molecule has 20 heavy (non-hydrogen) atoms. The van der Waals surface area contributed by atoms with Crippen LogP contribution in [0, 0.1) is 0 Å². The number of hydrogen-bond donors (Lipinski definition) is 3. The first-order valence-electron chi connectivity index (χ1n) is 6.14. The molecule has 0 spiro atoms. The number of carbonyl (C=O) groups is 1. The maximum Gasteiger partial charge on any atom is 0.317 e. The molecule has 2 rings (SSSR count). The standard InChI is InChI=1S/C13H16N4O3/c1-2-20-12-10(8-18)11(15-13(14)19)17(16-12)9-6-4-3-5-7-9/h3-7,18H,2,8H2,1H3,(H3,14,15,19). The first-order chi connectivity index (χ1) is 9.67.